The average molecular weight is 1140 g/mol. The zero-order valence-corrected chi connectivity index (χ0v) is 51.5. The van der Waals surface area contributed by atoms with Crippen molar-refractivity contribution in [2.24, 2.45) is 0 Å². The van der Waals surface area contributed by atoms with E-state index in [1.807, 2.05) is 170 Å². The van der Waals surface area contributed by atoms with Crippen LogP contribution in [0.2, 0.25) is 0 Å². The Morgan fingerprint density at radius 1 is 0.263 bits per heavy atom. The minimum absolute atomic E-state index is 0.334. The number of hydrogen-bond donors (Lipinski definition) is 4. The van der Waals surface area contributed by atoms with E-state index in [1.54, 1.807) is 0 Å². The summed E-state index contributed by atoms with van der Waals surface area (Å²) in [5.41, 5.74) is 7.09. The largest absolute Gasteiger partial charge is 0.379 e. The number of fused-ring (bicyclic) bond motifs is 8. The third-order valence-electron chi connectivity index (χ3n) is 14.6. The van der Waals surface area contributed by atoms with Gasteiger partial charge in [-0.3, -0.25) is 0 Å². The van der Waals surface area contributed by atoms with Gasteiger partial charge in [0.1, 0.15) is 0 Å². The molecule has 12 heteroatoms. The molecule has 8 nitrogen and oxygen atoms in total. The Hall–Kier alpha value is -6.44. The Labute approximate surface area is 485 Å². The van der Waals surface area contributed by atoms with Gasteiger partial charge in [0.15, 0.2) is 0 Å². The van der Waals surface area contributed by atoms with E-state index < -0.39 is 64.9 Å². The highest BCUT2D eigenvalue weighted by Crippen LogP contribution is 2.47. The van der Waals surface area contributed by atoms with E-state index >= 15 is 16.8 Å². The van der Waals surface area contributed by atoms with Crippen LogP contribution in [0, 0.1) is 0 Å². The zero-order valence-electron chi connectivity index (χ0n) is 48.3. The predicted octanol–water partition coefficient (Wildman–Crippen LogP) is 16.3. The van der Waals surface area contributed by atoms with Gasteiger partial charge in [-0.1, -0.05) is 204 Å². The third kappa shape index (κ3) is 13.0. The summed E-state index contributed by atoms with van der Waals surface area (Å²) in [4.78, 5) is 3.49. The SMILES string of the molecule is CC(C)(C)c1cc2c(NCc3ccccc3)c(c1)S(=O)c1cc(C(C)(C)C)cc(c1NCc1ccccc1)S(=O)c1cc(C(C)(C)C)cc(c1NCc1ccccc1)S(=O)c1cc(C(C)(C)C)cc(c1NCc1ccccc1)S2=O. The van der Waals surface area contributed by atoms with Crippen LogP contribution in [0.1, 0.15) is 128 Å². The van der Waals surface area contributed by atoms with Gasteiger partial charge in [0.25, 0.3) is 0 Å². The van der Waals surface area contributed by atoms with Gasteiger partial charge in [0, 0.05) is 26.2 Å². The molecule has 0 spiro atoms. The van der Waals surface area contributed by atoms with Crippen molar-refractivity contribution in [3.05, 3.63) is 214 Å². The molecule has 1 aliphatic heterocycles. The minimum atomic E-state index is -2.02. The van der Waals surface area contributed by atoms with Gasteiger partial charge in [-0.15, -0.1) is 0 Å². The van der Waals surface area contributed by atoms with Crippen molar-refractivity contribution in [2.75, 3.05) is 21.3 Å². The predicted molar refractivity (Wildman–Crippen MR) is 334 cm³/mol. The van der Waals surface area contributed by atoms with Crippen molar-refractivity contribution in [1.29, 1.82) is 0 Å². The standard InChI is InChI=1S/C68H76N4O4S4/c1-65(2,3)49-33-53-61(69-41-45-25-17-13-18-26-45)54(34-49)78(74)56-36-51(67(7,8)9)38-58(63(56)71-43-47-29-21-15-22-30-47)80(76)60-40-52(68(10,11)12)39-59(64(60)72-44-48-31-23-16-24-32-48)79(75)57-37-50(66(4,5)6)35-55(77(53)73)62(57)70-42-46-27-19-14-20-28-46/h13-40,69-72H,41-44H2,1-12H3. The number of benzene rings is 8. The molecule has 9 rings (SSSR count). The van der Waals surface area contributed by atoms with E-state index in [0.29, 0.717) is 88.1 Å². The molecular weight excluding hydrogens is 1070 g/mol. The molecule has 80 heavy (non-hydrogen) atoms. The molecule has 8 aromatic carbocycles. The summed E-state index contributed by atoms with van der Waals surface area (Å²) in [6.45, 7) is 26.6. The van der Waals surface area contributed by atoms with Crippen LogP contribution in [0.15, 0.2) is 209 Å². The summed E-state index contributed by atoms with van der Waals surface area (Å²) in [5, 5.41) is 14.9. The summed E-state index contributed by atoms with van der Waals surface area (Å²) in [5.74, 6) is 0. The minimum Gasteiger partial charge on any atom is -0.379 e. The average Bonchev–Trinajstić information content (AvgIpc) is 3.52. The van der Waals surface area contributed by atoms with Crippen molar-refractivity contribution in [1.82, 2.24) is 0 Å². The summed E-state index contributed by atoms with van der Waals surface area (Å²) in [6.07, 6.45) is 0. The Bertz CT molecular complexity index is 3060. The highest BCUT2D eigenvalue weighted by Gasteiger charge is 2.35. The fraction of sp³-hybridized carbons (Fsp3) is 0.294. The normalized spacial score (nSPS) is 16.6. The molecule has 0 radical (unpaired) electrons. The lowest BCUT2D eigenvalue weighted by Crippen LogP contribution is -2.20. The first-order valence-electron chi connectivity index (χ1n) is 27.4. The molecule has 0 saturated heterocycles. The quantitative estimate of drug-likeness (QED) is 0.0956. The van der Waals surface area contributed by atoms with Crippen molar-refractivity contribution in [3.63, 3.8) is 0 Å². The molecule has 0 saturated carbocycles. The fourth-order valence-corrected chi connectivity index (χ4v) is 15.6. The molecule has 0 aromatic heterocycles. The molecule has 8 bridgehead atoms. The molecule has 1 aliphatic rings. The van der Waals surface area contributed by atoms with Crippen molar-refractivity contribution in [3.8, 4) is 0 Å². The molecule has 8 aromatic rings. The van der Waals surface area contributed by atoms with Crippen LogP contribution in [0.25, 0.3) is 0 Å². The maximum Gasteiger partial charge on any atom is 0.0892 e. The number of anilines is 4. The first-order chi connectivity index (χ1) is 37.9. The Morgan fingerprint density at radius 2 is 0.412 bits per heavy atom. The first-order valence-corrected chi connectivity index (χ1v) is 32.0. The van der Waals surface area contributed by atoms with Crippen molar-refractivity contribution in [2.45, 2.75) is 170 Å². The van der Waals surface area contributed by atoms with Crippen molar-refractivity contribution >= 4 is 65.9 Å². The lowest BCUT2D eigenvalue weighted by Gasteiger charge is -2.29. The van der Waals surface area contributed by atoms with Gasteiger partial charge in [-0.05, 0) is 115 Å². The maximum absolute atomic E-state index is 16.8. The van der Waals surface area contributed by atoms with E-state index in [1.165, 1.54) is 0 Å². The molecule has 1 heterocycles. The lowest BCUT2D eigenvalue weighted by atomic mass is 9.87. The second-order valence-electron chi connectivity index (χ2n) is 24.8. The van der Waals surface area contributed by atoms with E-state index in [9.17, 15) is 0 Å². The van der Waals surface area contributed by atoms with Gasteiger partial charge in [-0.2, -0.15) is 0 Å². The van der Waals surface area contributed by atoms with Crippen LogP contribution in [-0.2, 0) is 91.0 Å². The second kappa shape index (κ2) is 23.6. The monoisotopic (exact) mass is 1140 g/mol. The van der Waals surface area contributed by atoms with Crippen LogP contribution < -0.4 is 21.3 Å². The van der Waals surface area contributed by atoms with Crippen LogP contribution in [-0.4, -0.2) is 16.8 Å². The lowest BCUT2D eigenvalue weighted by molar-refractivity contribution is 0.585. The van der Waals surface area contributed by atoms with Gasteiger partial charge >= 0.3 is 0 Å². The molecule has 0 fully saturated rings. The topological polar surface area (TPSA) is 116 Å². The summed E-state index contributed by atoms with van der Waals surface area (Å²) < 4.78 is 67.2. The van der Waals surface area contributed by atoms with Gasteiger partial charge in [-0.25, -0.2) is 16.8 Å². The number of hydrogen-bond acceptors (Lipinski definition) is 8. The molecule has 416 valence electrons. The van der Waals surface area contributed by atoms with Gasteiger partial charge in [0.05, 0.1) is 105 Å². The fourth-order valence-electron chi connectivity index (χ4n) is 9.58. The molecule has 0 amide bonds. The maximum atomic E-state index is 16.8. The molecule has 0 unspecified atom stereocenters. The Kier molecular flexibility index (Phi) is 17.2. The Morgan fingerprint density at radius 3 is 0.550 bits per heavy atom. The number of nitrogens with one attached hydrogen (secondary N) is 4. The van der Waals surface area contributed by atoms with Crippen LogP contribution in [0.3, 0.4) is 0 Å². The summed E-state index contributed by atoms with van der Waals surface area (Å²) >= 11 is 0. The van der Waals surface area contributed by atoms with E-state index in [4.69, 9.17) is 0 Å². The molecule has 4 N–H and O–H groups in total. The van der Waals surface area contributed by atoms with E-state index in [-0.39, 0.29) is 0 Å². The summed E-state index contributed by atoms with van der Waals surface area (Å²) in [7, 11) is -8.08. The van der Waals surface area contributed by atoms with Crippen LogP contribution in [0.4, 0.5) is 22.7 Å². The zero-order chi connectivity index (χ0) is 57.3. The smallest absolute Gasteiger partial charge is 0.0892 e. The molecule has 0 aliphatic carbocycles. The van der Waals surface area contributed by atoms with E-state index in [0.717, 1.165) is 44.5 Å². The summed E-state index contributed by atoms with van der Waals surface area (Å²) in [6, 6.07) is 56.0. The van der Waals surface area contributed by atoms with Gasteiger partial charge in [0.2, 0.25) is 0 Å². The molecule has 0 atom stereocenters. The van der Waals surface area contributed by atoms with E-state index in [2.05, 4.69) is 104 Å². The third-order valence-corrected chi connectivity index (χ3v) is 20.3. The van der Waals surface area contributed by atoms with Crippen LogP contribution >= 0.6 is 0 Å². The first kappa shape index (κ1) is 58.2. The van der Waals surface area contributed by atoms with Crippen LogP contribution in [0.5, 0.6) is 0 Å². The Balaban J connectivity index is 1.47. The highest BCUT2D eigenvalue weighted by atomic mass is 32.2. The molecular formula is C68H76N4O4S4. The highest BCUT2D eigenvalue weighted by molar-refractivity contribution is 7.87. The second-order valence-corrected chi connectivity index (χ2v) is 30.5. The van der Waals surface area contributed by atoms with Crippen molar-refractivity contribution < 1.29 is 16.8 Å². The number of rotatable bonds is 12. The van der Waals surface area contributed by atoms with Gasteiger partial charge < -0.3 is 21.3 Å².